The molecule has 4 rings (SSSR count). The first-order valence-electron chi connectivity index (χ1n) is 8.77. The summed E-state index contributed by atoms with van der Waals surface area (Å²) < 4.78 is 18.0. The summed E-state index contributed by atoms with van der Waals surface area (Å²) in [7, 11) is 0. The van der Waals surface area contributed by atoms with E-state index in [2.05, 4.69) is 15.5 Å². The largest absolute Gasteiger partial charge is 0.339 e. The Morgan fingerprint density at radius 3 is 2.75 bits per heavy atom. The van der Waals surface area contributed by atoms with Crippen LogP contribution in [0.2, 0.25) is 0 Å². The molecule has 1 aliphatic heterocycles. The van der Waals surface area contributed by atoms with Gasteiger partial charge in [0.25, 0.3) is 0 Å². The number of benzene rings is 2. The van der Waals surface area contributed by atoms with E-state index in [1.807, 2.05) is 6.07 Å². The van der Waals surface area contributed by atoms with E-state index in [1.54, 1.807) is 30.0 Å². The number of carbonyl (C=O) groups excluding carboxylic acids is 2. The molecule has 1 saturated heterocycles. The normalized spacial score (nSPS) is 16.4. The zero-order valence-electron chi connectivity index (χ0n) is 15.1. The maximum absolute atomic E-state index is 13.0. The monoisotopic (exact) mass is 380 g/mol. The standard InChI is InChI=1S/C20H17FN4O3/c1-12-22-19(24-28-12)13-3-2-4-17(9-13)25-11-14(10-18(25)26)20(27)23-16-7-5-15(21)6-8-16/h2-9,14H,10-11H2,1H3,(H,23,27)/t14-/m1/s1. The lowest BCUT2D eigenvalue weighted by Crippen LogP contribution is -2.28. The summed E-state index contributed by atoms with van der Waals surface area (Å²) >= 11 is 0. The lowest BCUT2D eigenvalue weighted by atomic mass is 10.1. The van der Waals surface area contributed by atoms with Crippen molar-refractivity contribution in [2.24, 2.45) is 5.92 Å². The molecule has 142 valence electrons. The zero-order valence-corrected chi connectivity index (χ0v) is 15.1. The quantitative estimate of drug-likeness (QED) is 0.751. The molecule has 1 atom stereocenters. The van der Waals surface area contributed by atoms with E-state index in [1.165, 1.54) is 24.3 Å². The van der Waals surface area contributed by atoms with Crippen molar-refractivity contribution in [1.29, 1.82) is 0 Å². The maximum atomic E-state index is 13.0. The van der Waals surface area contributed by atoms with Gasteiger partial charge >= 0.3 is 0 Å². The second-order valence-corrected chi connectivity index (χ2v) is 6.59. The average Bonchev–Trinajstić information content (AvgIpc) is 3.30. The summed E-state index contributed by atoms with van der Waals surface area (Å²) in [5.74, 6) is -0.384. The molecule has 0 radical (unpaired) electrons. The Kier molecular flexibility index (Phi) is 4.60. The van der Waals surface area contributed by atoms with E-state index in [0.717, 1.165) is 5.56 Å². The van der Waals surface area contributed by atoms with Gasteiger partial charge in [-0.05, 0) is 36.4 Å². The first-order chi connectivity index (χ1) is 13.5. The third-order valence-electron chi connectivity index (χ3n) is 4.55. The van der Waals surface area contributed by atoms with Gasteiger partial charge in [0, 0.05) is 36.8 Å². The average molecular weight is 380 g/mol. The molecular formula is C20H17FN4O3. The van der Waals surface area contributed by atoms with Crippen molar-refractivity contribution in [3.05, 3.63) is 60.2 Å². The second kappa shape index (κ2) is 7.22. The van der Waals surface area contributed by atoms with Gasteiger partial charge in [0.05, 0.1) is 5.92 Å². The predicted octanol–water partition coefficient (Wildman–Crippen LogP) is 3.18. The number of amides is 2. The van der Waals surface area contributed by atoms with E-state index in [0.29, 0.717) is 23.1 Å². The van der Waals surface area contributed by atoms with Crippen molar-refractivity contribution in [1.82, 2.24) is 10.1 Å². The number of anilines is 2. The first kappa shape index (κ1) is 17.8. The Hall–Kier alpha value is -3.55. The predicted molar refractivity (Wildman–Crippen MR) is 100.0 cm³/mol. The Balaban J connectivity index is 1.49. The molecule has 0 spiro atoms. The molecule has 7 nitrogen and oxygen atoms in total. The first-order valence-corrected chi connectivity index (χ1v) is 8.77. The van der Waals surface area contributed by atoms with Crippen LogP contribution in [-0.4, -0.2) is 28.5 Å². The Bertz CT molecular complexity index is 1030. The fourth-order valence-corrected chi connectivity index (χ4v) is 3.14. The minimum Gasteiger partial charge on any atom is -0.339 e. The molecule has 2 aromatic carbocycles. The van der Waals surface area contributed by atoms with E-state index in [9.17, 15) is 14.0 Å². The molecule has 0 aliphatic carbocycles. The highest BCUT2D eigenvalue weighted by atomic mass is 19.1. The van der Waals surface area contributed by atoms with Crippen LogP contribution >= 0.6 is 0 Å². The van der Waals surface area contributed by atoms with Crippen LogP contribution in [0.3, 0.4) is 0 Å². The summed E-state index contributed by atoms with van der Waals surface area (Å²) in [5.41, 5.74) is 1.88. The van der Waals surface area contributed by atoms with Gasteiger partial charge in [-0.2, -0.15) is 4.98 Å². The van der Waals surface area contributed by atoms with Crippen molar-refractivity contribution in [2.45, 2.75) is 13.3 Å². The summed E-state index contributed by atoms with van der Waals surface area (Å²) in [4.78, 5) is 30.7. The van der Waals surface area contributed by atoms with Gasteiger partial charge in [0.1, 0.15) is 5.82 Å². The Morgan fingerprint density at radius 1 is 1.25 bits per heavy atom. The molecule has 0 bridgehead atoms. The van der Waals surface area contributed by atoms with Gasteiger partial charge < -0.3 is 14.7 Å². The third kappa shape index (κ3) is 3.62. The molecule has 1 aromatic heterocycles. The van der Waals surface area contributed by atoms with Crippen molar-refractivity contribution in [3.8, 4) is 11.4 Å². The number of nitrogens with zero attached hydrogens (tertiary/aromatic N) is 3. The number of aromatic nitrogens is 2. The molecular weight excluding hydrogens is 363 g/mol. The molecule has 1 aliphatic rings. The van der Waals surface area contributed by atoms with Gasteiger partial charge in [-0.1, -0.05) is 17.3 Å². The van der Waals surface area contributed by atoms with Crippen LogP contribution in [0.15, 0.2) is 53.1 Å². The molecule has 1 fully saturated rings. The van der Waals surface area contributed by atoms with Crippen molar-refractivity contribution < 1.29 is 18.5 Å². The van der Waals surface area contributed by atoms with Crippen molar-refractivity contribution in [3.63, 3.8) is 0 Å². The highest BCUT2D eigenvalue weighted by Gasteiger charge is 2.35. The number of hydrogen-bond donors (Lipinski definition) is 1. The molecule has 1 N–H and O–H groups in total. The van der Waals surface area contributed by atoms with Gasteiger partial charge in [-0.3, -0.25) is 9.59 Å². The second-order valence-electron chi connectivity index (χ2n) is 6.59. The van der Waals surface area contributed by atoms with Crippen molar-refractivity contribution in [2.75, 3.05) is 16.8 Å². The number of rotatable bonds is 4. The summed E-state index contributed by atoms with van der Waals surface area (Å²) in [6, 6.07) is 12.7. The van der Waals surface area contributed by atoms with Crippen LogP contribution in [0, 0.1) is 18.7 Å². The summed E-state index contributed by atoms with van der Waals surface area (Å²) in [6.45, 7) is 1.97. The van der Waals surface area contributed by atoms with Crippen LogP contribution in [0.25, 0.3) is 11.4 Å². The minimum absolute atomic E-state index is 0.110. The number of hydrogen-bond acceptors (Lipinski definition) is 5. The van der Waals surface area contributed by atoms with Crippen LogP contribution in [0.4, 0.5) is 15.8 Å². The van der Waals surface area contributed by atoms with Crippen LogP contribution in [0.1, 0.15) is 12.3 Å². The highest BCUT2D eigenvalue weighted by Crippen LogP contribution is 2.29. The lowest BCUT2D eigenvalue weighted by molar-refractivity contribution is -0.122. The SMILES string of the molecule is Cc1nc(-c2cccc(N3C[C@H](C(=O)Nc4ccc(F)cc4)CC3=O)c2)no1. The number of nitrogens with one attached hydrogen (secondary N) is 1. The van der Waals surface area contributed by atoms with Crippen LogP contribution < -0.4 is 10.2 Å². The maximum Gasteiger partial charge on any atom is 0.229 e. The fraction of sp³-hybridized carbons (Fsp3) is 0.200. The molecule has 3 aromatic rings. The summed E-state index contributed by atoms with van der Waals surface area (Å²) in [5, 5.41) is 6.62. The van der Waals surface area contributed by atoms with Crippen molar-refractivity contribution >= 4 is 23.2 Å². The molecule has 28 heavy (non-hydrogen) atoms. The third-order valence-corrected chi connectivity index (χ3v) is 4.55. The number of halogens is 1. The molecule has 2 amide bonds. The highest BCUT2D eigenvalue weighted by molar-refractivity contribution is 6.03. The van der Waals surface area contributed by atoms with E-state index >= 15 is 0 Å². The lowest BCUT2D eigenvalue weighted by Gasteiger charge is -2.17. The topological polar surface area (TPSA) is 88.3 Å². The van der Waals surface area contributed by atoms with Crippen LogP contribution in [-0.2, 0) is 9.59 Å². The van der Waals surface area contributed by atoms with E-state index in [-0.39, 0.29) is 30.6 Å². The van der Waals surface area contributed by atoms with E-state index in [4.69, 9.17) is 4.52 Å². The molecule has 8 heteroatoms. The molecule has 0 unspecified atom stereocenters. The van der Waals surface area contributed by atoms with Gasteiger partial charge in [-0.25, -0.2) is 4.39 Å². The fourth-order valence-electron chi connectivity index (χ4n) is 3.14. The number of carbonyl (C=O) groups is 2. The van der Waals surface area contributed by atoms with Gasteiger partial charge in [-0.15, -0.1) is 0 Å². The smallest absolute Gasteiger partial charge is 0.229 e. The Labute approximate surface area is 160 Å². The van der Waals surface area contributed by atoms with Gasteiger partial charge in [0.15, 0.2) is 0 Å². The zero-order chi connectivity index (χ0) is 19.7. The Morgan fingerprint density at radius 2 is 2.04 bits per heavy atom. The molecule has 2 heterocycles. The van der Waals surface area contributed by atoms with E-state index < -0.39 is 5.92 Å². The summed E-state index contributed by atoms with van der Waals surface area (Å²) in [6.07, 6.45) is 0.110. The number of aryl methyl sites for hydroxylation is 1. The molecule has 0 saturated carbocycles. The van der Waals surface area contributed by atoms with Crippen LogP contribution in [0.5, 0.6) is 0 Å². The minimum atomic E-state index is -0.492. The van der Waals surface area contributed by atoms with Gasteiger partial charge in [0.2, 0.25) is 23.5 Å².